The lowest BCUT2D eigenvalue weighted by atomic mass is 10.0. The molecule has 1 unspecified atom stereocenters. The van der Waals surface area contributed by atoms with Gasteiger partial charge in [0, 0.05) is 11.1 Å². The van der Waals surface area contributed by atoms with Crippen molar-refractivity contribution in [1.82, 2.24) is 5.32 Å². The number of benzene rings is 3. The van der Waals surface area contributed by atoms with Gasteiger partial charge in [-0.2, -0.15) is 0 Å². The van der Waals surface area contributed by atoms with E-state index < -0.39 is 23.6 Å². The summed E-state index contributed by atoms with van der Waals surface area (Å²) in [6, 6.07) is 21.6. The quantitative estimate of drug-likeness (QED) is 0.496. The van der Waals surface area contributed by atoms with Gasteiger partial charge in [0.15, 0.2) is 5.78 Å². The van der Waals surface area contributed by atoms with E-state index in [9.17, 15) is 19.2 Å². The molecule has 4 rings (SSSR count). The monoisotopic (exact) mass is 513 g/mol. The second-order valence-corrected chi connectivity index (χ2v) is 10.1. The lowest BCUT2D eigenvalue weighted by molar-refractivity contribution is -0.120. The maximum absolute atomic E-state index is 13.9. The van der Waals surface area contributed by atoms with Gasteiger partial charge < -0.3 is 19.9 Å². The van der Waals surface area contributed by atoms with Crippen molar-refractivity contribution >= 4 is 35.1 Å². The first-order chi connectivity index (χ1) is 18.0. The zero-order valence-electron chi connectivity index (χ0n) is 21.9. The highest BCUT2D eigenvalue weighted by molar-refractivity contribution is 6.15. The van der Waals surface area contributed by atoms with E-state index >= 15 is 0 Å². The molecule has 3 aromatic carbocycles. The fourth-order valence-corrected chi connectivity index (χ4v) is 4.35. The first kappa shape index (κ1) is 26.6. The van der Waals surface area contributed by atoms with Crippen LogP contribution >= 0.6 is 0 Å². The Bertz CT molecular complexity index is 1360. The van der Waals surface area contributed by atoms with Gasteiger partial charge in [0.25, 0.3) is 11.8 Å². The van der Waals surface area contributed by atoms with Gasteiger partial charge in [0.2, 0.25) is 0 Å². The largest absolute Gasteiger partial charge is 0.444 e. The number of ether oxygens (including phenoxy) is 1. The normalized spacial score (nSPS) is 15.4. The number of hydrogen-bond donors (Lipinski definition) is 1. The molecule has 1 aliphatic heterocycles. The van der Waals surface area contributed by atoms with Crippen molar-refractivity contribution in [2.24, 2.45) is 0 Å². The number of Topliss-reactive ketones (excluding diaryl/α,β-unsaturated/α-hetero) is 1. The highest BCUT2D eigenvalue weighted by atomic mass is 16.6. The van der Waals surface area contributed by atoms with E-state index in [2.05, 4.69) is 5.32 Å². The Hall–Kier alpha value is -4.46. The summed E-state index contributed by atoms with van der Waals surface area (Å²) in [5, 5.41) is 2.63. The number of nitrogens with one attached hydrogen (secondary N) is 1. The average Bonchev–Trinajstić information content (AvgIpc) is 2.98. The number of nitrogens with zero attached hydrogens (tertiary/aromatic N) is 2. The number of alkyl carbamates (subject to hydrolysis) is 1. The van der Waals surface area contributed by atoms with Crippen molar-refractivity contribution in [2.75, 3.05) is 22.9 Å². The molecular formula is C30H31N3O5. The van der Waals surface area contributed by atoms with Crippen molar-refractivity contribution in [3.05, 3.63) is 95.6 Å². The van der Waals surface area contributed by atoms with Crippen molar-refractivity contribution in [2.45, 2.75) is 39.3 Å². The molecule has 0 fully saturated rings. The van der Waals surface area contributed by atoms with Gasteiger partial charge in [0.1, 0.15) is 11.6 Å². The lowest BCUT2D eigenvalue weighted by Crippen LogP contribution is -2.54. The zero-order chi connectivity index (χ0) is 27.4. The number of fused-ring (bicyclic) bond motifs is 1. The molecule has 0 radical (unpaired) electrons. The van der Waals surface area contributed by atoms with Crippen LogP contribution in [0.4, 0.5) is 16.2 Å². The van der Waals surface area contributed by atoms with Gasteiger partial charge in [-0.05, 0) is 57.5 Å². The van der Waals surface area contributed by atoms with E-state index in [-0.39, 0.29) is 24.8 Å². The third-order valence-electron chi connectivity index (χ3n) is 6.10. The second-order valence-electron chi connectivity index (χ2n) is 10.1. The topological polar surface area (TPSA) is 96.0 Å². The zero-order valence-corrected chi connectivity index (χ0v) is 21.9. The minimum absolute atomic E-state index is 0.141. The van der Waals surface area contributed by atoms with Crippen LogP contribution in [0.3, 0.4) is 0 Å². The summed E-state index contributed by atoms with van der Waals surface area (Å²) >= 11 is 0. The molecule has 8 heteroatoms. The van der Waals surface area contributed by atoms with Crippen LogP contribution in [0.15, 0.2) is 78.9 Å². The fraction of sp³-hybridized carbons (Fsp3) is 0.267. The van der Waals surface area contributed by atoms with Crippen molar-refractivity contribution in [3.8, 4) is 0 Å². The smallest absolute Gasteiger partial charge is 0.408 e. The lowest BCUT2D eigenvalue weighted by Gasteiger charge is -2.26. The summed E-state index contributed by atoms with van der Waals surface area (Å²) in [5.74, 6) is -1.12. The summed E-state index contributed by atoms with van der Waals surface area (Å²) in [4.78, 5) is 56.5. The molecule has 0 bridgehead atoms. The van der Waals surface area contributed by atoms with Crippen LogP contribution in [0.25, 0.3) is 0 Å². The Balaban J connectivity index is 1.77. The van der Waals surface area contributed by atoms with Gasteiger partial charge in [-0.15, -0.1) is 0 Å². The molecular weight excluding hydrogens is 482 g/mol. The molecule has 0 saturated carbocycles. The molecule has 3 aromatic rings. The molecule has 1 N–H and O–H groups in total. The minimum Gasteiger partial charge on any atom is -0.444 e. The van der Waals surface area contributed by atoms with E-state index in [0.717, 1.165) is 5.56 Å². The Morgan fingerprint density at radius 2 is 1.50 bits per heavy atom. The number of para-hydroxylation sites is 2. The number of hydrogen-bond acceptors (Lipinski definition) is 5. The highest BCUT2D eigenvalue weighted by Gasteiger charge is 2.38. The first-order valence-electron chi connectivity index (χ1n) is 12.4. The molecule has 3 amide bonds. The van der Waals surface area contributed by atoms with E-state index in [1.807, 2.05) is 25.1 Å². The van der Waals surface area contributed by atoms with Crippen LogP contribution in [-0.2, 0) is 9.53 Å². The number of carbonyl (C=O) groups excluding carboxylic acids is 4. The van der Waals surface area contributed by atoms with E-state index in [0.29, 0.717) is 22.5 Å². The van der Waals surface area contributed by atoms with Gasteiger partial charge in [0.05, 0.1) is 24.5 Å². The third kappa shape index (κ3) is 5.91. The maximum atomic E-state index is 13.9. The number of ketones is 1. The molecule has 0 aromatic heterocycles. The van der Waals surface area contributed by atoms with Crippen LogP contribution in [0.5, 0.6) is 0 Å². The fourth-order valence-electron chi connectivity index (χ4n) is 4.35. The van der Waals surface area contributed by atoms with E-state index in [1.165, 1.54) is 9.80 Å². The number of rotatable bonds is 5. The van der Waals surface area contributed by atoms with Crippen molar-refractivity contribution in [1.29, 1.82) is 0 Å². The average molecular weight is 514 g/mol. The molecule has 0 saturated heterocycles. The first-order valence-corrected chi connectivity index (χ1v) is 12.4. The summed E-state index contributed by atoms with van der Waals surface area (Å²) in [5.41, 5.74) is 1.78. The van der Waals surface area contributed by atoms with Gasteiger partial charge in [-0.25, -0.2) is 4.79 Å². The third-order valence-corrected chi connectivity index (χ3v) is 6.10. The summed E-state index contributed by atoms with van der Waals surface area (Å²) in [6.07, 6.45) is -0.793. The van der Waals surface area contributed by atoms with E-state index in [1.54, 1.807) is 81.4 Å². The molecule has 1 atom stereocenters. The van der Waals surface area contributed by atoms with Crippen LogP contribution in [0, 0.1) is 6.92 Å². The van der Waals surface area contributed by atoms with Gasteiger partial charge in [-0.1, -0.05) is 54.6 Å². The van der Waals surface area contributed by atoms with Crippen LogP contribution < -0.4 is 15.1 Å². The second kappa shape index (κ2) is 10.9. The van der Waals surface area contributed by atoms with Gasteiger partial charge >= 0.3 is 6.09 Å². The van der Waals surface area contributed by atoms with Crippen LogP contribution in [-0.4, -0.2) is 48.4 Å². The molecule has 8 nitrogen and oxygen atoms in total. The van der Waals surface area contributed by atoms with Crippen molar-refractivity contribution in [3.63, 3.8) is 0 Å². The van der Waals surface area contributed by atoms with Crippen LogP contribution in [0.1, 0.15) is 47.1 Å². The molecule has 0 spiro atoms. The number of amides is 3. The number of anilines is 2. The van der Waals surface area contributed by atoms with Crippen LogP contribution in [0.2, 0.25) is 0 Å². The molecule has 1 heterocycles. The predicted octanol–water partition coefficient (Wildman–Crippen LogP) is 4.76. The van der Waals surface area contributed by atoms with Crippen molar-refractivity contribution < 1.29 is 23.9 Å². The highest BCUT2D eigenvalue weighted by Crippen LogP contribution is 2.34. The van der Waals surface area contributed by atoms with Gasteiger partial charge in [-0.3, -0.25) is 14.4 Å². The SMILES string of the molecule is Cc1ccccc1C(=O)CN1C(=O)C(NC(=O)OC(C)(C)C)CN(C(=O)c2ccccc2)c2ccccc21. The number of aryl methyl sites for hydroxylation is 1. The number of carbonyl (C=O) groups is 4. The maximum Gasteiger partial charge on any atom is 0.408 e. The summed E-state index contributed by atoms with van der Waals surface area (Å²) in [7, 11) is 0. The predicted molar refractivity (Wildman–Crippen MR) is 146 cm³/mol. The molecule has 0 aliphatic carbocycles. The molecule has 1 aliphatic rings. The Morgan fingerprint density at radius 1 is 0.895 bits per heavy atom. The molecule has 196 valence electrons. The summed E-state index contributed by atoms with van der Waals surface area (Å²) in [6.45, 7) is 6.58. The Morgan fingerprint density at radius 3 is 2.16 bits per heavy atom. The van der Waals surface area contributed by atoms with E-state index in [4.69, 9.17) is 4.74 Å². The Kier molecular flexibility index (Phi) is 7.62. The summed E-state index contributed by atoms with van der Waals surface area (Å²) < 4.78 is 5.40. The molecule has 38 heavy (non-hydrogen) atoms. The standard InChI is InChI=1S/C30H31N3O5/c1-20-12-8-9-15-22(20)26(34)19-33-25-17-11-10-16-24(25)32(27(35)21-13-6-5-7-14-21)18-23(28(33)36)31-29(37)38-30(2,3)4/h5-17,23H,18-19H2,1-4H3,(H,31,37). The minimum atomic E-state index is -1.16. The Labute approximate surface area is 222 Å².